The second kappa shape index (κ2) is 8.59. The molecule has 6 heteroatoms. The van der Waals surface area contributed by atoms with Crippen molar-refractivity contribution in [3.8, 4) is 5.75 Å². The van der Waals surface area contributed by atoms with Gasteiger partial charge in [0.1, 0.15) is 0 Å². The van der Waals surface area contributed by atoms with Gasteiger partial charge in [0.25, 0.3) is 0 Å². The number of carbonyl (C=O) groups is 2. The minimum absolute atomic E-state index is 0.0445. The Bertz CT molecular complexity index is 610. The molecule has 1 aromatic carbocycles. The summed E-state index contributed by atoms with van der Waals surface area (Å²) in [5, 5.41) is 0. The molecule has 1 aromatic rings. The van der Waals surface area contributed by atoms with Crippen molar-refractivity contribution >= 4 is 11.7 Å². The second-order valence-corrected chi connectivity index (χ2v) is 5.71. The van der Waals surface area contributed by atoms with Gasteiger partial charge in [-0.1, -0.05) is 12.1 Å². The first-order valence-corrected chi connectivity index (χ1v) is 8.03. The summed E-state index contributed by atoms with van der Waals surface area (Å²) >= 11 is 0. The molecule has 0 atom stereocenters. The first-order valence-electron chi connectivity index (χ1n) is 8.03. The Morgan fingerprint density at radius 1 is 1.25 bits per heavy atom. The van der Waals surface area contributed by atoms with Crippen LogP contribution in [-0.2, 0) is 4.79 Å². The predicted octanol–water partition coefficient (Wildman–Crippen LogP) is 2.13. The normalized spacial score (nSPS) is 15.2. The van der Waals surface area contributed by atoms with E-state index in [2.05, 4.69) is 11.5 Å². The molecule has 5 nitrogen and oxygen atoms in total. The van der Waals surface area contributed by atoms with Crippen LogP contribution in [0.2, 0.25) is 0 Å². The second-order valence-electron chi connectivity index (χ2n) is 5.71. The van der Waals surface area contributed by atoms with E-state index in [1.807, 2.05) is 6.08 Å². The summed E-state index contributed by atoms with van der Waals surface area (Å²) in [6, 6.07) is 4.22. The standard InChI is InChI=1S/C18H23FN2O3/c1-3-9-20-10-12-21(13-11-20)17(23)8-7-16(22)14-5-4-6-15(19)18(14)24-2/h3-6H,1,7-13H2,2H3. The van der Waals surface area contributed by atoms with Gasteiger partial charge in [-0.2, -0.15) is 0 Å². The monoisotopic (exact) mass is 334 g/mol. The molecule has 1 heterocycles. The van der Waals surface area contributed by atoms with Gasteiger partial charge in [-0.05, 0) is 12.1 Å². The lowest BCUT2D eigenvalue weighted by molar-refractivity contribution is -0.132. The molecule has 1 fully saturated rings. The number of nitrogens with zero attached hydrogens (tertiary/aromatic N) is 2. The number of ether oxygens (including phenoxy) is 1. The Morgan fingerprint density at radius 2 is 1.96 bits per heavy atom. The number of halogens is 1. The summed E-state index contributed by atoms with van der Waals surface area (Å²) in [5.41, 5.74) is 0.182. The molecule has 1 amide bonds. The maximum Gasteiger partial charge on any atom is 0.223 e. The van der Waals surface area contributed by atoms with Crippen molar-refractivity contribution in [1.82, 2.24) is 9.80 Å². The molecular weight excluding hydrogens is 311 g/mol. The fraction of sp³-hybridized carbons (Fsp3) is 0.444. The molecule has 0 N–H and O–H groups in total. The average molecular weight is 334 g/mol. The van der Waals surface area contributed by atoms with Crippen LogP contribution in [0.15, 0.2) is 30.9 Å². The van der Waals surface area contributed by atoms with E-state index < -0.39 is 5.82 Å². The lowest BCUT2D eigenvalue weighted by atomic mass is 10.0. The zero-order valence-corrected chi connectivity index (χ0v) is 14.0. The van der Waals surface area contributed by atoms with E-state index in [4.69, 9.17) is 4.74 Å². The molecule has 1 aliphatic rings. The number of para-hydroxylation sites is 1. The maximum atomic E-state index is 13.6. The van der Waals surface area contributed by atoms with Gasteiger partial charge in [-0.3, -0.25) is 14.5 Å². The number of carbonyl (C=O) groups excluding carboxylic acids is 2. The number of benzene rings is 1. The summed E-state index contributed by atoms with van der Waals surface area (Å²) in [4.78, 5) is 28.5. The van der Waals surface area contributed by atoms with Crippen molar-refractivity contribution in [2.45, 2.75) is 12.8 Å². The van der Waals surface area contributed by atoms with E-state index in [-0.39, 0.29) is 35.8 Å². The Hall–Kier alpha value is -2.21. The fourth-order valence-corrected chi connectivity index (χ4v) is 2.81. The molecule has 24 heavy (non-hydrogen) atoms. The summed E-state index contributed by atoms with van der Waals surface area (Å²) in [6.45, 7) is 7.46. The molecule has 2 rings (SSSR count). The minimum atomic E-state index is -0.576. The Morgan fingerprint density at radius 3 is 2.58 bits per heavy atom. The molecule has 0 unspecified atom stereocenters. The largest absolute Gasteiger partial charge is 0.493 e. The number of ketones is 1. The van der Waals surface area contributed by atoms with Crippen LogP contribution in [0.1, 0.15) is 23.2 Å². The number of rotatable bonds is 7. The predicted molar refractivity (Wildman–Crippen MR) is 89.7 cm³/mol. The van der Waals surface area contributed by atoms with Crippen molar-refractivity contribution in [1.29, 1.82) is 0 Å². The zero-order valence-electron chi connectivity index (χ0n) is 14.0. The van der Waals surface area contributed by atoms with Gasteiger partial charge in [0, 0.05) is 45.6 Å². The molecule has 1 saturated heterocycles. The highest BCUT2D eigenvalue weighted by atomic mass is 19.1. The number of methoxy groups -OCH3 is 1. The fourth-order valence-electron chi connectivity index (χ4n) is 2.81. The number of Topliss-reactive ketones (excluding diaryl/α,β-unsaturated/α-hetero) is 1. The number of piperazine rings is 1. The molecule has 0 aliphatic carbocycles. The van der Waals surface area contributed by atoms with Crippen molar-refractivity contribution in [2.75, 3.05) is 39.8 Å². The Labute approximate surface area is 141 Å². The van der Waals surface area contributed by atoms with E-state index in [0.29, 0.717) is 13.1 Å². The quantitative estimate of drug-likeness (QED) is 0.566. The summed E-state index contributed by atoms with van der Waals surface area (Å²) in [5.74, 6) is -0.969. The van der Waals surface area contributed by atoms with Crippen molar-refractivity contribution in [2.24, 2.45) is 0 Å². The van der Waals surface area contributed by atoms with E-state index in [1.54, 1.807) is 4.90 Å². The van der Waals surface area contributed by atoms with Gasteiger partial charge in [0.05, 0.1) is 12.7 Å². The Balaban J connectivity index is 1.87. The first kappa shape index (κ1) is 18.1. The van der Waals surface area contributed by atoms with E-state index in [9.17, 15) is 14.0 Å². The molecule has 0 saturated carbocycles. The van der Waals surface area contributed by atoms with Crippen molar-refractivity contribution in [3.05, 3.63) is 42.2 Å². The highest BCUT2D eigenvalue weighted by Crippen LogP contribution is 2.24. The number of hydrogen-bond acceptors (Lipinski definition) is 4. The van der Waals surface area contributed by atoms with Crippen LogP contribution < -0.4 is 4.74 Å². The van der Waals surface area contributed by atoms with Crippen molar-refractivity contribution < 1.29 is 18.7 Å². The van der Waals surface area contributed by atoms with Gasteiger partial charge in [0.2, 0.25) is 5.91 Å². The van der Waals surface area contributed by atoms with Crippen LogP contribution in [0.3, 0.4) is 0 Å². The van der Waals surface area contributed by atoms with E-state index in [0.717, 1.165) is 19.6 Å². The topological polar surface area (TPSA) is 49.9 Å². The van der Waals surface area contributed by atoms with Crippen LogP contribution in [-0.4, -0.2) is 61.3 Å². The number of amides is 1. The SMILES string of the molecule is C=CCN1CCN(C(=O)CCC(=O)c2cccc(F)c2OC)CC1. The third-order valence-corrected chi connectivity index (χ3v) is 4.15. The average Bonchev–Trinajstić information content (AvgIpc) is 2.60. The lowest BCUT2D eigenvalue weighted by Crippen LogP contribution is -2.48. The van der Waals surface area contributed by atoms with E-state index in [1.165, 1.54) is 25.3 Å². The highest BCUT2D eigenvalue weighted by Gasteiger charge is 2.22. The number of hydrogen-bond donors (Lipinski definition) is 0. The van der Waals surface area contributed by atoms with E-state index >= 15 is 0 Å². The van der Waals surface area contributed by atoms with Crippen LogP contribution >= 0.6 is 0 Å². The minimum Gasteiger partial charge on any atom is -0.493 e. The third kappa shape index (κ3) is 4.41. The molecular formula is C18H23FN2O3. The molecule has 0 aromatic heterocycles. The Kier molecular flexibility index (Phi) is 6.49. The van der Waals surface area contributed by atoms with Gasteiger partial charge in [0.15, 0.2) is 17.3 Å². The highest BCUT2D eigenvalue weighted by molar-refractivity contribution is 6.00. The lowest BCUT2D eigenvalue weighted by Gasteiger charge is -2.34. The van der Waals surface area contributed by atoms with Crippen LogP contribution in [0, 0.1) is 5.82 Å². The van der Waals surface area contributed by atoms with Gasteiger partial charge in [-0.15, -0.1) is 6.58 Å². The summed E-state index contributed by atoms with van der Waals surface area (Å²) in [7, 11) is 1.32. The van der Waals surface area contributed by atoms with Crippen LogP contribution in [0.5, 0.6) is 5.75 Å². The summed E-state index contributed by atoms with van der Waals surface area (Å²) < 4.78 is 18.6. The molecule has 130 valence electrons. The maximum absolute atomic E-state index is 13.6. The van der Waals surface area contributed by atoms with Crippen LogP contribution in [0.4, 0.5) is 4.39 Å². The molecule has 1 aliphatic heterocycles. The molecule has 0 radical (unpaired) electrons. The zero-order chi connectivity index (χ0) is 17.5. The van der Waals surface area contributed by atoms with Crippen LogP contribution in [0.25, 0.3) is 0 Å². The van der Waals surface area contributed by atoms with Crippen molar-refractivity contribution in [3.63, 3.8) is 0 Å². The van der Waals surface area contributed by atoms with Gasteiger partial charge < -0.3 is 9.64 Å². The first-order chi connectivity index (χ1) is 11.6. The molecule has 0 bridgehead atoms. The molecule has 0 spiro atoms. The van der Waals surface area contributed by atoms with Gasteiger partial charge >= 0.3 is 0 Å². The smallest absolute Gasteiger partial charge is 0.223 e. The third-order valence-electron chi connectivity index (χ3n) is 4.15. The summed E-state index contributed by atoms with van der Waals surface area (Å²) in [6.07, 6.45) is 2.02. The van der Waals surface area contributed by atoms with Gasteiger partial charge in [-0.25, -0.2) is 4.39 Å².